The summed E-state index contributed by atoms with van der Waals surface area (Å²) in [5.41, 5.74) is 3.18. The molecule has 0 saturated heterocycles. The number of benzene rings is 2. The van der Waals surface area contributed by atoms with E-state index in [9.17, 15) is 4.79 Å². The summed E-state index contributed by atoms with van der Waals surface area (Å²) in [5.74, 6) is 1.35. The van der Waals surface area contributed by atoms with Crippen LogP contribution in [0, 0.1) is 0 Å². The van der Waals surface area contributed by atoms with Crippen LogP contribution in [-0.4, -0.2) is 25.3 Å². The first-order valence-corrected chi connectivity index (χ1v) is 7.75. The molecule has 5 heteroatoms. The highest BCUT2D eigenvalue weighted by Gasteiger charge is 2.27. The number of nitrogens with one attached hydrogen (secondary N) is 1. The zero-order chi connectivity index (χ0) is 15.8. The predicted octanol–water partition coefficient (Wildman–Crippen LogP) is 2.81. The molecule has 2 aromatic rings. The monoisotopic (exact) mass is 310 g/mol. The van der Waals surface area contributed by atoms with Crippen molar-refractivity contribution in [3.8, 4) is 11.5 Å². The number of ether oxygens (including phenoxy) is 2. The van der Waals surface area contributed by atoms with Crippen LogP contribution in [0.4, 0.5) is 11.4 Å². The van der Waals surface area contributed by atoms with Crippen molar-refractivity contribution in [2.24, 2.45) is 0 Å². The fourth-order valence-electron chi connectivity index (χ4n) is 3.20. The molecule has 23 heavy (non-hydrogen) atoms. The van der Waals surface area contributed by atoms with Gasteiger partial charge in [-0.25, -0.2) is 0 Å². The van der Waals surface area contributed by atoms with Crippen molar-refractivity contribution in [1.82, 2.24) is 0 Å². The van der Waals surface area contributed by atoms with Gasteiger partial charge in [0.25, 0.3) is 0 Å². The second kappa shape index (κ2) is 5.50. The maximum absolute atomic E-state index is 12.4. The van der Waals surface area contributed by atoms with E-state index in [2.05, 4.69) is 29.3 Å². The third-order valence-corrected chi connectivity index (χ3v) is 4.32. The third kappa shape index (κ3) is 2.59. The van der Waals surface area contributed by atoms with E-state index in [0.29, 0.717) is 24.1 Å². The molecule has 0 bridgehead atoms. The van der Waals surface area contributed by atoms with Crippen LogP contribution in [0.15, 0.2) is 42.5 Å². The van der Waals surface area contributed by atoms with Gasteiger partial charge in [0.05, 0.1) is 6.54 Å². The average Bonchev–Trinajstić information content (AvgIpc) is 3.12. The smallest absolute Gasteiger partial charge is 0.243 e. The quantitative estimate of drug-likeness (QED) is 0.947. The predicted molar refractivity (Wildman–Crippen MR) is 88.1 cm³/mol. The second-order valence-corrected chi connectivity index (χ2v) is 5.93. The van der Waals surface area contributed by atoms with Crippen molar-refractivity contribution in [2.45, 2.75) is 19.4 Å². The number of amides is 1. The molecule has 2 aliphatic heterocycles. The van der Waals surface area contributed by atoms with Crippen molar-refractivity contribution in [1.29, 1.82) is 0 Å². The molecule has 5 nitrogen and oxygen atoms in total. The minimum Gasteiger partial charge on any atom is -0.454 e. The number of anilines is 2. The Morgan fingerprint density at radius 1 is 1.22 bits per heavy atom. The molecule has 0 aliphatic carbocycles. The Hall–Kier alpha value is -2.69. The maximum atomic E-state index is 12.4. The van der Waals surface area contributed by atoms with Gasteiger partial charge in [0, 0.05) is 23.5 Å². The van der Waals surface area contributed by atoms with Gasteiger partial charge in [0.15, 0.2) is 11.5 Å². The number of para-hydroxylation sites is 1. The zero-order valence-electron chi connectivity index (χ0n) is 12.9. The summed E-state index contributed by atoms with van der Waals surface area (Å²) in [5, 5.41) is 2.93. The van der Waals surface area contributed by atoms with Crippen LogP contribution in [0.1, 0.15) is 12.5 Å². The SMILES string of the molecule is C[C@@H]1Cc2ccccc2N1CC(=O)Nc1ccc2c(c1)OCO2. The number of hydrogen-bond donors (Lipinski definition) is 1. The van der Waals surface area contributed by atoms with Crippen LogP contribution in [0.3, 0.4) is 0 Å². The molecule has 2 heterocycles. The topological polar surface area (TPSA) is 50.8 Å². The Bertz CT molecular complexity index is 760. The molecule has 2 aromatic carbocycles. The molecule has 0 spiro atoms. The molecule has 0 aromatic heterocycles. The molecule has 0 unspecified atom stereocenters. The highest BCUT2D eigenvalue weighted by Crippen LogP contribution is 2.34. The van der Waals surface area contributed by atoms with Crippen molar-refractivity contribution < 1.29 is 14.3 Å². The Morgan fingerprint density at radius 3 is 2.96 bits per heavy atom. The molecule has 118 valence electrons. The van der Waals surface area contributed by atoms with Gasteiger partial charge in [-0.3, -0.25) is 4.79 Å². The molecular weight excluding hydrogens is 292 g/mol. The number of carbonyl (C=O) groups is 1. The lowest BCUT2D eigenvalue weighted by Crippen LogP contribution is -2.37. The summed E-state index contributed by atoms with van der Waals surface area (Å²) < 4.78 is 10.6. The Kier molecular flexibility index (Phi) is 3.33. The van der Waals surface area contributed by atoms with E-state index < -0.39 is 0 Å². The Balaban J connectivity index is 1.46. The summed E-state index contributed by atoms with van der Waals surface area (Å²) in [6.07, 6.45) is 0.980. The van der Waals surface area contributed by atoms with Crippen LogP contribution in [0.25, 0.3) is 0 Å². The van der Waals surface area contributed by atoms with E-state index in [1.54, 1.807) is 6.07 Å². The fourth-order valence-corrected chi connectivity index (χ4v) is 3.20. The van der Waals surface area contributed by atoms with Gasteiger partial charge in [-0.15, -0.1) is 0 Å². The standard InChI is InChI=1S/C18H18N2O3/c1-12-8-13-4-2-3-5-15(13)20(12)10-18(21)19-14-6-7-16-17(9-14)23-11-22-16/h2-7,9,12H,8,10-11H2,1H3,(H,19,21)/t12-/m1/s1. The van der Waals surface area contributed by atoms with E-state index in [1.165, 1.54) is 5.56 Å². The lowest BCUT2D eigenvalue weighted by molar-refractivity contribution is -0.115. The molecule has 0 fully saturated rings. The van der Waals surface area contributed by atoms with E-state index >= 15 is 0 Å². The van der Waals surface area contributed by atoms with Gasteiger partial charge in [-0.05, 0) is 37.1 Å². The van der Waals surface area contributed by atoms with Gasteiger partial charge in [0.2, 0.25) is 12.7 Å². The van der Waals surface area contributed by atoms with E-state index in [-0.39, 0.29) is 12.7 Å². The number of hydrogen-bond acceptors (Lipinski definition) is 4. The zero-order valence-corrected chi connectivity index (χ0v) is 12.9. The first-order valence-electron chi connectivity index (χ1n) is 7.75. The highest BCUT2D eigenvalue weighted by atomic mass is 16.7. The minimum absolute atomic E-state index is 0.0348. The lowest BCUT2D eigenvalue weighted by Gasteiger charge is -2.24. The molecule has 4 rings (SSSR count). The molecule has 0 saturated carbocycles. The minimum atomic E-state index is -0.0348. The molecule has 1 atom stereocenters. The van der Waals surface area contributed by atoms with E-state index in [0.717, 1.165) is 17.8 Å². The molecule has 2 aliphatic rings. The maximum Gasteiger partial charge on any atom is 0.243 e. The molecule has 0 radical (unpaired) electrons. The Labute approximate surface area is 134 Å². The van der Waals surface area contributed by atoms with Crippen molar-refractivity contribution in [3.63, 3.8) is 0 Å². The van der Waals surface area contributed by atoms with Crippen LogP contribution < -0.4 is 19.7 Å². The fraction of sp³-hybridized carbons (Fsp3) is 0.278. The lowest BCUT2D eigenvalue weighted by atomic mass is 10.1. The molecule has 1 N–H and O–H groups in total. The summed E-state index contributed by atoms with van der Waals surface area (Å²) in [4.78, 5) is 14.5. The number of rotatable bonds is 3. The van der Waals surface area contributed by atoms with Crippen molar-refractivity contribution in [2.75, 3.05) is 23.6 Å². The molecule has 1 amide bonds. The van der Waals surface area contributed by atoms with Crippen LogP contribution in [0.2, 0.25) is 0 Å². The van der Waals surface area contributed by atoms with Crippen molar-refractivity contribution >= 4 is 17.3 Å². The largest absolute Gasteiger partial charge is 0.454 e. The number of fused-ring (bicyclic) bond motifs is 2. The average molecular weight is 310 g/mol. The van der Waals surface area contributed by atoms with Crippen LogP contribution in [0.5, 0.6) is 11.5 Å². The first-order chi connectivity index (χ1) is 11.2. The normalized spacial score (nSPS) is 18.0. The van der Waals surface area contributed by atoms with Crippen molar-refractivity contribution in [3.05, 3.63) is 48.0 Å². The Morgan fingerprint density at radius 2 is 2.04 bits per heavy atom. The summed E-state index contributed by atoms with van der Waals surface area (Å²) in [6, 6.07) is 14.0. The summed E-state index contributed by atoms with van der Waals surface area (Å²) >= 11 is 0. The highest BCUT2D eigenvalue weighted by molar-refractivity contribution is 5.94. The third-order valence-electron chi connectivity index (χ3n) is 4.32. The van der Waals surface area contributed by atoms with Crippen LogP contribution >= 0.6 is 0 Å². The van der Waals surface area contributed by atoms with Gasteiger partial charge in [-0.2, -0.15) is 0 Å². The summed E-state index contributed by atoms with van der Waals surface area (Å²) in [6.45, 7) is 2.72. The van der Waals surface area contributed by atoms with Gasteiger partial charge >= 0.3 is 0 Å². The van der Waals surface area contributed by atoms with E-state index in [4.69, 9.17) is 9.47 Å². The van der Waals surface area contributed by atoms with Crippen LogP contribution in [-0.2, 0) is 11.2 Å². The number of carbonyl (C=O) groups excluding carboxylic acids is 1. The van der Waals surface area contributed by atoms with Gasteiger partial charge in [0.1, 0.15) is 0 Å². The van der Waals surface area contributed by atoms with Gasteiger partial charge in [-0.1, -0.05) is 18.2 Å². The first kappa shape index (κ1) is 13.9. The second-order valence-electron chi connectivity index (χ2n) is 5.93. The molecular formula is C18H18N2O3. The van der Waals surface area contributed by atoms with Gasteiger partial charge < -0.3 is 19.7 Å². The van der Waals surface area contributed by atoms with E-state index in [1.807, 2.05) is 24.3 Å². The summed E-state index contributed by atoms with van der Waals surface area (Å²) in [7, 11) is 0. The number of nitrogens with zero attached hydrogens (tertiary/aromatic N) is 1.